The van der Waals surface area contributed by atoms with Gasteiger partial charge in [0.05, 0.1) is 23.9 Å². The Balaban J connectivity index is 2.17. The van der Waals surface area contributed by atoms with E-state index in [0.29, 0.717) is 22.7 Å². The maximum Gasteiger partial charge on any atom is 0.408 e. The second kappa shape index (κ2) is 6.70. The number of rotatable bonds is 5. The van der Waals surface area contributed by atoms with Gasteiger partial charge in [-0.1, -0.05) is 0 Å². The van der Waals surface area contributed by atoms with Crippen LogP contribution in [-0.2, 0) is 11.3 Å². The second-order valence-corrected chi connectivity index (χ2v) is 5.82. The van der Waals surface area contributed by atoms with Crippen molar-refractivity contribution < 1.29 is 22.4 Å². The van der Waals surface area contributed by atoms with Gasteiger partial charge in [0.2, 0.25) is 5.91 Å². The highest BCUT2D eigenvalue weighted by atomic mass is 19.4. The average molecular weight is 343 g/mol. The predicted octanol–water partition coefficient (Wildman–Crippen LogP) is 3.64. The molecule has 0 aliphatic rings. The standard InChI is InChI=1S/C16H20F3N3O2/c1-9(15(23)20-10(2)13-6-5-7-24-13)14-11(3)21-22(12(14)4)8-16(17,18)19/h5-7,9-10H,8H2,1-4H3,(H,20,23). The van der Waals surface area contributed by atoms with E-state index in [1.807, 2.05) is 0 Å². The summed E-state index contributed by atoms with van der Waals surface area (Å²) in [6.45, 7) is 5.40. The number of carbonyl (C=O) groups is 1. The summed E-state index contributed by atoms with van der Waals surface area (Å²) in [5, 5.41) is 6.73. The van der Waals surface area contributed by atoms with E-state index in [-0.39, 0.29) is 11.9 Å². The van der Waals surface area contributed by atoms with E-state index < -0.39 is 18.6 Å². The van der Waals surface area contributed by atoms with Crippen LogP contribution in [0.5, 0.6) is 0 Å². The molecule has 8 heteroatoms. The summed E-state index contributed by atoms with van der Waals surface area (Å²) in [6.07, 6.45) is -2.85. The predicted molar refractivity (Wildman–Crippen MR) is 81.4 cm³/mol. The van der Waals surface area contributed by atoms with Gasteiger partial charge in [-0.25, -0.2) is 0 Å². The van der Waals surface area contributed by atoms with Crippen LogP contribution in [0, 0.1) is 13.8 Å². The minimum atomic E-state index is -4.36. The SMILES string of the molecule is Cc1nn(CC(F)(F)F)c(C)c1C(C)C(=O)NC(C)c1ccco1. The van der Waals surface area contributed by atoms with Crippen LogP contribution in [-0.4, -0.2) is 21.9 Å². The normalized spacial score (nSPS) is 14.5. The molecule has 5 nitrogen and oxygen atoms in total. The van der Waals surface area contributed by atoms with Crippen molar-refractivity contribution in [2.75, 3.05) is 0 Å². The highest BCUT2D eigenvalue weighted by Crippen LogP contribution is 2.27. The number of aromatic nitrogens is 2. The lowest BCUT2D eigenvalue weighted by atomic mass is 9.98. The number of halogens is 3. The summed E-state index contributed by atoms with van der Waals surface area (Å²) in [4.78, 5) is 12.4. The molecule has 1 amide bonds. The Bertz CT molecular complexity index is 705. The third-order valence-corrected chi connectivity index (χ3v) is 3.92. The first-order valence-corrected chi connectivity index (χ1v) is 7.54. The first-order valence-electron chi connectivity index (χ1n) is 7.54. The van der Waals surface area contributed by atoms with Gasteiger partial charge < -0.3 is 9.73 Å². The maximum atomic E-state index is 12.6. The first kappa shape index (κ1) is 18.1. The molecule has 0 aliphatic carbocycles. The van der Waals surface area contributed by atoms with E-state index >= 15 is 0 Å². The molecule has 0 saturated carbocycles. The number of hydrogen-bond acceptors (Lipinski definition) is 3. The summed E-state index contributed by atoms with van der Waals surface area (Å²) in [5.74, 6) is -0.308. The van der Waals surface area contributed by atoms with E-state index in [2.05, 4.69) is 10.4 Å². The van der Waals surface area contributed by atoms with Crippen LogP contribution in [0.1, 0.15) is 48.5 Å². The van der Waals surface area contributed by atoms with Crippen LogP contribution in [0.15, 0.2) is 22.8 Å². The van der Waals surface area contributed by atoms with Crippen molar-refractivity contribution in [2.45, 2.75) is 52.4 Å². The molecule has 0 radical (unpaired) electrons. The third-order valence-electron chi connectivity index (χ3n) is 3.92. The fourth-order valence-electron chi connectivity index (χ4n) is 2.74. The first-order chi connectivity index (χ1) is 11.1. The van der Waals surface area contributed by atoms with Gasteiger partial charge in [-0.2, -0.15) is 18.3 Å². The number of aryl methyl sites for hydroxylation is 1. The molecule has 2 heterocycles. The van der Waals surface area contributed by atoms with Crippen LogP contribution in [0.3, 0.4) is 0 Å². The zero-order valence-electron chi connectivity index (χ0n) is 13.9. The van der Waals surface area contributed by atoms with E-state index in [1.54, 1.807) is 39.8 Å². The Labute approximate surface area is 137 Å². The maximum absolute atomic E-state index is 12.6. The van der Waals surface area contributed by atoms with Crippen LogP contribution in [0.2, 0.25) is 0 Å². The van der Waals surface area contributed by atoms with Gasteiger partial charge >= 0.3 is 6.18 Å². The molecule has 0 aliphatic heterocycles. The van der Waals surface area contributed by atoms with Crippen LogP contribution in [0.4, 0.5) is 13.2 Å². The van der Waals surface area contributed by atoms with Crippen molar-refractivity contribution in [3.05, 3.63) is 41.1 Å². The van der Waals surface area contributed by atoms with Crippen molar-refractivity contribution in [3.63, 3.8) is 0 Å². The topological polar surface area (TPSA) is 60.1 Å². The Morgan fingerprint density at radius 3 is 2.58 bits per heavy atom. The molecule has 0 saturated heterocycles. The molecular formula is C16H20F3N3O2. The van der Waals surface area contributed by atoms with Crippen molar-refractivity contribution in [1.82, 2.24) is 15.1 Å². The number of nitrogens with one attached hydrogen (secondary N) is 1. The highest BCUT2D eigenvalue weighted by Gasteiger charge is 2.32. The molecule has 0 spiro atoms. The third kappa shape index (κ3) is 3.98. The highest BCUT2D eigenvalue weighted by molar-refractivity contribution is 5.84. The minimum Gasteiger partial charge on any atom is -0.467 e. The van der Waals surface area contributed by atoms with Gasteiger partial charge in [0.25, 0.3) is 0 Å². The Hall–Kier alpha value is -2.25. The smallest absolute Gasteiger partial charge is 0.408 e. The molecule has 2 unspecified atom stereocenters. The molecule has 0 bridgehead atoms. The zero-order chi connectivity index (χ0) is 18.1. The van der Waals surface area contributed by atoms with Crippen molar-refractivity contribution in [1.29, 1.82) is 0 Å². The summed E-state index contributed by atoms with van der Waals surface area (Å²) in [5.41, 5.74) is 1.28. The van der Waals surface area contributed by atoms with Crippen molar-refractivity contribution >= 4 is 5.91 Å². The molecule has 0 aromatic carbocycles. The molecule has 24 heavy (non-hydrogen) atoms. The Morgan fingerprint density at radius 1 is 1.38 bits per heavy atom. The van der Waals surface area contributed by atoms with Crippen LogP contribution >= 0.6 is 0 Å². The molecular weight excluding hydrogens is 323 g/mol. The molecule has 132 valence electrons. The molecule has 0 fully saturated rings. The number of hydrogen-bond donors (Lipinski definition) is 1. The van der Waals surface area contributed by atoms with E-state index in [4.69, 9.17) is 4.42 Å². The lowest BCUT2D eigenvalue weighted by Crippen LogP contribution is -2.30. The van der Waals surface area contributed by atoms with Crippen molar-refractivity contribution in [2.24, 2.45) is 0 Å². The number of furan rings is 1. The fourth-order valence-corrected chi connectivity index (χ4v) is 2.74. The lowest BCUT2D eigenvalue weighted by Gasteiger charge is -2.17. The number of amides is 1. The van der Waals surface area contributed by atoms with Crippen LogP contribution < -0.4 is 5.32 Å². The summed E-state index contributed by atoms with van der Waals surface area (Å²) < 4.78 is 43.9. The van der Waals surface area contributed by atoms with Gasteiger partial charge in [0.15, 0.2) is 0 Å². The quantitative estimate of drug-likeness (QED) is 0.902. The largest absolute Gasteiger partial charge is 0.467 e. The van der Waals surface area contributed by atoms with E-state index in [9.17, 15) is 18.0 Å². The second-order valence-electron chi connectivity index (χ2n) is 5.82. The molecule has 2 rings (SSSR count). The summed E-state index contributed by atoms with van der Waals surface area (Å²) >= 11 is 0. The van der Waals surface area contributed by atoms with Gasteiger partial charge in [-0.3, -0.25) is 9.48 Å². The zero-order valence-corrected chi connectivity index (χ0v) is 13.9. The Kier molecular flexibility index (Phi) is 5.05. The van der Waals surface area contributed by atoms with Gasteiger partial charge in [0, 0.05) is 11.3 Å². The fraction of sp³-hybridized carbons (Fsp3) is 0.500. The number of alkyl halides is 3. The van der Waals surface area contributed by atoms with Gasteiger partial charge in [0.1, 0.15) is 12.3 Å². The monoisotopic (exact) mass is 343 g/mol. The van der Waals surface area contributed by atoms with Gasteiger partial charge in [-0.05, 0) is 39.8 Å². The van der Waals surface area contributed by atoms with E-state index in [0.717, 1.165) is 4.68 Å². The van der Waals surface area contributed by atoms with Gasteiger partial charge in [-0.15, -0.1) is 0 Å². The Morgan fingerprint density at radius 2 is 2.04 bits per heavy atom. The van der Waals surface area contributed by atoms with Crippen molar-refractivity contribution in [3.8, 4) is 0 Å². The molecule has 2 aromatic rings. The summed E-state index contributed by atoms with van der Waals surface area (Å²) in [6, 6.07) is 3.13. The molecule has 2 atom stereocenters. The summed E-state index contributed by atoms with van der Waals surface area (Å²) in [7, 11) is 0. The number of carbonyl (C=O) groups excluding carboxylic acids is 1. The van der Waals surface area contributed by atoms with Crippen LogP contribution in [0.25, 0.3) is 0 Å². The van der Waals surface area contributed by atoms with E-state index in [1.165, 1.54) is 6.26 Å². The number of nitrogens with zero attached hydrogens (tertiary/aromatic N) is 2. The lowest BCUT2D eigenvalue weighted by molar-refractivity contribution is -0.143. The molecule has 1 N–H and O–H groups in total. The minimum absolute atomic E-state index is 0.295. The molecule has 2 aromatic heterocycles. The average Bonchev–Trinajstić information content (AvgIpc) is 3.06.